The fourth-order valence-corrected chi connectivity index (χ4v) is 1.89. The fourth-order valence-electron chi connectivity index (χ4n) is 1.66. The summed E-state index contributed by atoms with van der Waals surface area (Å²) in [5.41, 5.74) is 7.45. The SMILES string of the molecule is COc1cc(Nc2ccc(C#N)cc2Cl)c(N)cc1F. The molecule has 0 heterocycles. The molecule has 0 saturated carbocycles. The lowest BCUT2D eigenvalue weighted by Crippen LogP contribution is -1.99. The maximum atomic E-state index is 13.5. The Labute approximate surface area is 120 Å². The molecule has 2 aromatic carbocycles. The van der Waals surface area contributed by atoms with Crippen LogP contribution in [0.1, 0.15) is 5.56 Å². The van der Waals surface area contributed by atoms with Crippen molar-refractivity contribution in [2.24, 2.45) is 0 Å². The third kappa shape index (κ3) is 2.76. The van der Waals surface area contributed by atoms with Gasteiger partial charge in [0.15, 0.2) is 11.6 Å². The standard InChI is InChI=1S/C14H11ClFN3O/c1-20-14-6-13(11(18)5-10(14)16)19-12-3-2-8(7-17)4-9(12)15/h2-6,19H,18H2,1H3. The minimum atomic E-state index is -0.540. The number of ether oxygens (including phenoxy) is 1. The monoisotopic (exact) mass is 291 g/mol. The van der Waals surface area contributed by atoms with Crippen LogP contribution >= 0.6 is 11.6 Å². The van der Waals surface area contributed by atoms with Gasteiger partial charge in [-0.2, -0.15) is 5.26 Å². The first-order chi connectivity index (χ1) is 9.55. The highest BCUT2D eigenvalue weighted by atomic mass is 35.5. The van der Waals surface area contributed by atoms with Crippen molar-refractivity contribution in [3.8, 4) is 11.8 Å². The number of nitrogens with two attached hydrogens (primary N) is 1. The highest BCUT2D eigenvalue weighted by Crippen LogP contribution is 2.33. The van der Waals surface area contributed by atoms with Gasteiger partial charge in [-0.15, -0.1) is 0 Å². The predicted molar refractivity (Wildman–Crippen MR) is 76.8 cm³/mol. The molecule has 3 N–H and O–H groups in total. The van der Waals surface area contributed by atoms with Crippen LogP contribution in [0.4, 0.5) is 21.5 Å². The molecule has 0 fully saturated rings. The third-order valence-electron chi connectivity index (χ3n) is 2.69. The number of nitrogens with one attached hydrogen (secondary N) is 1. The fraction of sp³-hybridized carbons (Fsp3) is 0.0714. The summed E-state index contributed by atoms with van der Waals surface area (Å²) < 4.78 is 18.4. The first-order valence-corrected chi connectivity index (χ1v) is 6.02. The van der Waals surface area contributed by atoms with Crippen molar-refractivity contribution in [2.45, 2.75) is 0 Å². The minimum absolute atomic E-state index is 0.0754. The second-order valence-corrected chi connectivity index (χ2v) is 4.41. The van der Waals surface area contributed by atoms with E-state index >= 15 is 0 Å². The van der Waals surface area contributed by atoms with E-state index in [1.54, 1.807) is 12.1 Å². The van der Waals surface area contributed by atoms with Crippen LogP contribution in [0.25, 0.3) is 0 Å². The van der Waals surface area contributed by atoms with E-state index in [1.807, 2.05) is 6.07 Å². The first-order valence-electron chi connectivity index (χ1n) is 5.65. The average Bonchev–Trinajstić information content (AvgIpc) is 2.43. The van der Waals surface area contributed by atoms with Crippen molar-refractivity contribution in [1.29, 1.82) is 5.26 Å². The van der Waals surface area contributed by atoms with E-state index in [1.165, 1.54) is 25.3 Å². The lowest BCUT2D eigenvalue weighted by molar-refractivity contribution is 0.387. The molecule has 2 aromatic rings. The molecule has 4 nitrogen and oxygen atoms in total. The Balaban J connectivity index is 2.37. The highest BCUT2D eigenvalue weighted by Gasteiger charge is 2.10. The van der Waals surface area contributed by atoms with Crippen LogP contribution in [-0.4, -0.2) is 7.11 Å². The molecule has 102 valence electrons. The molecule has 0 spiro atoms. The van der Waals surface area contributed by atoms with Gasteiger partial charge in [0.2, 0.25) is 0 Å². The van der Waals surface area contributed by atoms with Crippen LogP contribution in [0, 0.1) is 17.1 Å². The molecule has 0 aliphatic heterocycles. The zero-order valence-corrected chi connectivity index (χ0v) is 11.3. The zero-order valence-electron chi connectivity index (χ0n) is 10.6. The van der Waals surface area contributed by atoms with Crippen LogP contribution in [0.2, 0.25) is 5.02 Å². The summed E-state index contributed by atoms with van der Waals surface area (Å²) in [4.78, 5) is 0. The average molecular weight is 292 g/mol. The molecule has 0 aliphatic carbocycles. The van der Waals surface area contributed by atoms with Crippen LogP contribution < -0.4 is 15.8 Å². The van der Waals surface area contributed by atoms with Gasteiger partial charge >= 0.3 is 0 Å². The summed E-state index contributed by atoms with van der Waals surface area (Å²) in [5, 5.41) is 12.1. The normalized spacial score (nSPS) is 9.90. The second kappa shape index (κ2) is 5.68. The molecule has 0 unspecified atom stereocenters. The van der Waals surface area contributed by atoms with Gasteiger partial charge in [0, 0.05) is 12.1 Å². The molecule has 0 amide bonds. The molecule has 20 heavy (non-hydrogen) atoms. The van der Waals surface area contributed by atoms with Crippen molar-refractivity contribution >= 4 is 28.7 Å². The van der Waals surface area contributed by atoms with Gasteiger partial charge in [-0.1, -0.05) is 11.6 Å². The summed E-state index contributed by atoms with van der Waals surface area (Å²) in [5.74, 6) is -0.465. The Kier molecular flexibility index (Phi) is 3.97. The highest BCUT2D eigenvalue weighted by molar-refractivity contribution is 6.33. The van der Waals surface area contributed by atoms with Gasteiger partial charge in [-0.25, -0.2) is 4.39 Å². The number of nitrogens with zero attached hydrogens (tertiary/aromatic N) is 1. The second-order valence-electron chi connectivity index (χ2n) is 4.01. The summed E-state index contributed by atoms with van der Waals surface area (Å²) in [6, 6.07) is 9.39. The topological polar surface area (TPSA) is 71.1 Å². The molecule has 0 saturated heterocycles. The molecule has 0 bridgehead atoms. The van der Waals surface area contributed by atoms with Crippen molar-refractivity contribution < 1.29 is 9.13 Å². The van der Waals surface area contributed by atoms with Crippen LogP contribution in [0.5, 0.6) is 5.75 Å². The molecule has 6 heteroatoms. The molecular formula is C14H11ClFN3O. The minimum Gasteiger partial charge on any atom is -0.494 e. The smallest absolute Gasteiger partial charge is 0.167 e. The van der Waals surface area contributed by atoms with E-state index in [9.17, 15) is 4.39 Å². The molecule has 2 rings (SSSR count). The molecule has 0 radical (unpaired) electrons. The van der Waals surface area contributed by atoms with Gasteiger partial charge in [-0.05, 0) is 18.2 Å². The predicted octanol–water partition coefficient (Wildman–Crippen LogP) is 3.69. The van der Waals surface area contributed by atoms with E-state index in [4.69, 9.17) is 27.3 Å². The van der Waals surface area contributed by atoms with Gasteiger partial charge < -0.3 is 15.8 Å². The maximum Gasteiger partial charge on any atom is 0.167 e. The Morgan fingerprint density at radius 1 is 1.30 bits per heavy atom. The quantitative estimate of drug-likeness (QED) is 0.846. The van der Waals surface area contributed by atoms with Crippen molar-refractivity contribution in [2.75, 3.05) is 18.2 Å². The number of methoxy groups -OCH3 is 1. The lowest BCUT2D eigenvalue weighted by Gasteiger charge is -2.13. The molecule has 0 atom stereocenters. The Morgan fingerprint density at radius 2 is 2.05 bits per heavy atom. The molecule has 0 aromatic heterocycles. The number of benzene rings is 2. The number of hydrogen-bond acceptors (Lipinski definition) is 4. The van der Waals surface area contributed by atoms with Crippen molar-refractivity contribution in [3.63, 3.8) is 0 Å². The van der Waals surface area contributed by atoms with E-state index in [0.29, 0.717) is 22.0 Å². The van der Waals surface area contributed by atoms with Gasteiger partial charge in [-0.3, -0.25) is 0 Å². The maximum absolute atomic E-state index is 13.5. The van der Waals surface area contributed by atoms with E-state index < -0.39 is 5.82 Å². The summed E-state index contributed by atoms with van der Waals surface area (Å²) in [7, 11) is 1.37. The Hall–Kier alpha value is -2.45. The number of rotatable bonds is 3. The zero-order chi connectivity index (χ0) is 14.7. The van der Waals surface area contributed by atoms with Crippen LogP contribution in [0.3, 0.4) is 0 Å². The number of halogens is 2. The number of anilines is 3. The summed E-state index contributed by atoms with van der Waals surface area (Å²) >= 11 is 6.06. The van der Waals surface area contributed by atoms with E-state index in [2.05, 4.69) is 5.32 Å². The third-order valence-corrected chi connectivity index (χ3v) is 3.00. The van der Waals surface area contributed by atoms with E-state index in [0.717, 1.165) is 0 Å². The van der Waals surface area contributed by atoms with E-state index in [-0.39, 0.29) is 11.4 Å². The van der Waals surface area contributed by atoms with Crippen LogP contribution in [-0.2, 0) is 0 Å². The molecular weight excluding hydrogens is 281 g/mol. The van der Waals surface area contributed by atoms with Crippen molar-refractivity contribution in [1.82, 2.24) is 0 Å². The molecule has 0 aliphatic rings. The first kappa shape index (κ1) is 14.0. The van der Waals surface area contributed by atoms with Crippen LogP contribution in [0.15, 0.2) is 30.3 Å². The Morgan fingerprint density at radius 3 is 2.65 bits per heavy atom. The summed E-state index contributed by atoms with van der Waals surface area (Å²) in [6.07, 6.45) is 0. The largest absolute Gasteiger partial charge is 0.494 e. The summed E-state index contributed by atoms with van der Waals surface area (Å²) in [6.45, 7) is 0. The van der Waals surface area contributed by atoms with Gasteiger partial charge in [0.25, 0.3) is 0 Å². The number of nitrogen functional groups attached to an aromatic ring is 1. The van der Waals surface area contributed by atoms with Gasteiger partial charge in [0.05, 0.1) is 40.8 Å². The van der Waals surface area contributed by atoms with Crippen molar-refractivity contribution in [3.05, 3.63) is 46.7 Å². The van der Waals surface area contributed by atoms with Gasteiger partial charge in [0.1, 0.15) is 0 Å². The number of hydrogen-bond donors (Lipinski definition) is 2. The lowest BCUT2D eigenvalue weighted by atomic mass is 10.2. The number of nitriles is 1. The Bertz CT molecular complexity index is 698.